The Hall–Kier alpha value is -0.340. The highest BCUT2D eigenvalue weighted by molar-refractivity contribution is 9.10. The van der Waals surface area contributed by atoms with Gasteiger partial charge in [-0.05, 0) is 74.1 Å². The van der Waals surface area contributed by atoms with Crippen LogP contribution in [0, 0.1) is 17.8 Å². The van der Waals surface area contributed by atoms with Crippen molar-refractivity contribution in [2.24, 2.45) is 17.8 Å². The molecular formula is C19H30BrN. The van der Waals surface area contributed by atoms with Crippen molar-refractivity contribution in [3.63, 3.8) is 0 Å². The number of nitrogens with one attached hydrogen (secondary N) is 1. The first kappa shape index (κ1) is 17.0. The molecule has 1 aromatic carbocycles. The monoisotopic (exact) mass is 351 g/mol. The summed E-state index contributed by atoms with van der Waals surface area (Å²) in [6, 6.07) is 9.48. The van der Waals surface area contributed by atoms with Gasteiger partial charge in [-0.3, -0.25) is 0 Å². The van der Waals surface area contributed by atoms with Gasteiger partial charge in [0, 0.05) is 10.5 Å². The summed E-state index contributed by atoms with van der Waals surface area (Å²) in [6.45, 7) is 8.07. The Balaban J connectivity index is 1.94. The number of hydrogen-bond acceptors (Lipinski definition) is 1. The van der Waals surface area contributed by atoms with Crippen molar-refractivity contribution in [3.05, 3.63) is 34.3 Å². The van der Waals surface area contributed by atoms with Crippen molar-refractivity contribution in [2.45, 2.75) is 58.9 Å². The molecule has 1 aliphatic carbocycles. The van der Waals surface area contributed by atoms with Crippen molar-refractivity contribution in [1.29, 1.82) is 0 Å². The second-order valence-electron chi connectivity index (χ2n) is 6.91. The molecule has 0 aliphatic heterocycles. The highest BCUT2D eigenvalue weighted by atomic mass is 79.9. The quantitative estimate of drug-likeness (QED) is 0.720. The highest BCUT2D eigenvalue weighted by Crippen LogP contribution is 2.35. The van der Waals surface area contributed by atoms with Crippen LogP contribution in [-0.2, 0) is 6.42 Å². The van der Waals surface area contributed by atoms with Crippen LogP contribution in [0.3, 0.4) is 0 Å². The summed E-state index contributed by atoms with van der Waals surface area (Å²) < 4.78 is 1.17. The average molecular weight is 352 g/mol. The molecule has 118 valence electrons. The van der Waals surface area contributed by atoms with Crippen LogP contribution in [0.5, 0.6) is 0 Å². The fourth-order valence-corrected chi connectivity index (χ4v) is 4.02. The molecule has 0 heterocycles. The van der Waals surface area contributed by atoms with Crippen molar-refractivity contribution < 1.29 is 0 Å². The predicted octanol–water partition coefficient (Wildman–Crippen LogP) is 5.43. The molecule has 0 amide bonds. The molecule has 1 saturated carbocycles. The van der Waals surface area contributed by atoms with Crippen LogP contribution in [0.2, 0.25) is 0 Å². The van der Waals surface area contributed by atoms with Gasteiger partial charge >= 0.3 is 0 Å². The largest absolute Gasteiger partial charge is 0.314 e. The van der Waals surface area contributed by atoms with Gasteiger partial charge in [0.1, 0.15) is 0 Å². The molecule has 21 heavy (non-hydrogen) atoms. The van der Waals surface area contributed by atoms with Crippen molar-refractivity contribution in [3.8, 4) is 0 Å². The topological polar surface area (TPSA) is 12.0 Å². The molecule has 1 atom stereocenters. The molecule has 1 aromatic rings. The van der Waals surface area contributed by atoms with E-state index in [2.05, 4.69) is 66.3 Å². The highest BCUT2D eigenvalue weighted by Gasteiger charge is 2.28. The molecule has 2 heteroatoms. The first-order valence-electron chi connectivity index (χ1n) is 8.58. The second kappa shape index (κ2) is 8.33. The van der Waals surface area contributed by atoms with Crippen molar-refractivity contribution >= 4 is 15.9 Å². The van der Waals surface area contributed by atoms with E-state index >= 15 is 0 Å². The van der Waals surface area contributed by atoms with E-state index in [1.54, 1.807) is 0 Å². The third kappa shape index (κ3) is 5.10. The van der Waals surface area contributed by atoms with Gasteiger partial charge in [0.05, 0.1) is 0 Å². The number of benzene rings is 1. The minimum Gasteiger partial charge on any atom is -0.314 e. The molecule has 1 nitrogen and oxygen atoms in total. The van der Waals surface area contributed by atoms with Gasteiger partial charge in [0.15, 0.2) is 0 Å². The lowest BCUT2D eigenvalue weighted by atomic mass is 9.73. The van der Waals surface area contributed by atoms with Crippen molar-refractivity contribution in [2.75, 3.05) is 6.54 Å². The van der Waals surface area contributed by atoms with E-state index in [4.69, 9.17) is 0 Å². The van der Waals surface area contributed by atoms with Gasteiger partial charge < -0.3 is 5.32 Å². The summed E-state index contributed by atoms with van der Waals surface area (Å²) in [5.74, 6) is 2.66. The third-order valence-corrected chi connectivity index (χ3v) is 5.69. The molecule has 0 bridgehead atoms. The smallest absolute Gasteiger partial charge is 0.0175 e. The molecule has 2 rings (SSSR count). The minimum absolute atomic E-state index is 0.643. The molecule has 1 N–H and O–H groups in total. The summed E-state index contributed by atoms with van der Waals surface area (Å²) in [6.07, 6.45) is 6.81. The Labute approximate surface area is 139 Å². The summed E-state index contributed by atoms with van der Waals surface area (Å²) in [7, 11) is 0. The van der Waals surface area contributed by atoms with Crippen LogP contribution in [0.15, 0.2) is 28.7 Å². The van der Waals surface area contributed by atoms with E-state index in [9.17, 15) is 0 Å². The maximum absolute atomic E-state index is 3.75. The Kier molecular flexibility index (Phi) is 6.75. The van der Waals surface area contributed by atoms with Crippen LogP contribution in [0.1, 0.15) is 52.0 Å². The predicted molar refractivity (Wildman–Crippen MR) is 95.6 cm³/mol. The van der Waals surface area contributed by atoms with Crippen LogP contribution >= 0.6 is 15.9 Å². The van der Waals surface area contributed by atoms with Crippen LogP contribution in [-0.4, -0.2) is 12.6 Å². The Bertz CT molecular complexity index is 404. The number of halogens is 1. The van der Waals surface area contributed by atoms with Gasteiger partial charge in [-0.2, -0.15) is 0 Å². The first-order chi connectivity index (χ1) is 10.1. The van der Waals surface area contributed by atoms with Crippen LogP contribution in [0.4, 0.5) is 0 Å². The van der Waals surface area contributed by atoms with E-state index in [1.165, 1.54) is 35.7 Å². The Morgan fingerprint density at radius 3 is 2.14 bits per heavy atom. The molecule has 0 spiro atoms. The van der Waals surface area contributed by atoms with Crippen molar-refractivity contribution in [1.82, 2.24) is 5.32 Å². The standard InChI is InChI=1S/C19H30BrN/c1-4-21-19(13-15-5-11-18(20)12-6-15)17-9-7-16(8-10-17)14(2)3/h5-6,11-12,14,16-17,19,21H,4,7-10,13H2,1-3H3. The fraction of sp³-hybridized carbons (Fsp3) is 0.684. The fourth-order valence-electron chi connectivity index (χ4n) is 3.76. The Morgan fingerprint density at radius 2 is 1.62 bits per heavy atom. The minimum atomic E-state index is 0.643. The Morgan fingerprint density at radius 1 is 1.05 bits per heavy atom. The van der Waals surface area contributed by atoms with Crippen LogP contribution < -0.4 is 5.32 Å². The van der Waals surface area contributed by atoms with Gasteiger partial charge in [0.2, 0.25) is 0 Å². The van der Waals surface area contributed by atoms with Gasteiger partial charge in [-0.1, -0.05) is 48.8 Å². The van der Waals surface area contributed by atoms with E-state index in [1.807, 2.05) is 0 Å². The summed E-state index contributed by atoms with van der Waals surface area (Å²) in [5.41, 5.74) is 1.45. The first-order valence-corrected chi connectivity index (χ1v) is 9.37. The van der Waals surface area contributed by atoms with E-state index in [0.717, 1.165) is 30.7 Å². The zero-order chi connectivity index (χ0) is 15.2. The van der Waals surface area contributed by atoms with E-state index in [-0.39, 0.29) is 0 Å². The summed E-state index contributed by atoms with van der Waals surface area (Å²) in [5, 5.41) is 3.75. The number of likely N-dealkylation sites (N-methyl/N-ethyl adjacent to an activating group) is 1. The summed E-state index contributed by atoms with van der Waals surface area (Å²) >= 11 is 3.52. The zero-order valence-electron chi connectivity index (χ0n) is 13.7. The SMILES string of the molecule is CCNC(Cc1ccc(Br)cc1)C1CCC(C(C)C)CC1. The lowest BCUT2D eigenvalue weighted by Gasteiger charge is -2.36. The molecule has 1 fully saturated rings. The summed E-state index contributed by atoms with van der Waals surface area (Å²) in [4.78, 5) is 0. The number of rotatable bonds is 6. The third-order valence-electron chi connectivity index (χ3n) is 5.16. The molecule has 0 radical (unpaired) electrons. The lowest BCUT2D eigenvalue weighted by molar-refractivity contribution is 0.188. The molecule has 1 aliphatic rings. The second-order valence-corrected chi connectivity index (χ2v) is 7.83. The average Bonchev–Trinajstić information content (AvgIpc) is 2.49. The molecule has 1 unspecified atom stereocenters. The zero-order valence-corrected chi connectivity index (χ0v) is 15.3. The van der Waals surface area contributed by atoms with E-state index < -0.39 is 0 Å². The number of hydrogen-bond donors (Lipinski definition) is 1. The van der Waals surface area contributed by atoms with E-state index in [0.29, 0.717) is 6.04 Å². The maximum atomic E-state index is 3.75. The van der Waals surface area contributed by atoms with Gasteiger partial charge in [-0.25, -0.2) is 0 Å². The molecular weight excluding hydrogens is 322 g/mol. The van der Waals surface area contributed by atoms with Crippen LogP contribution in [0.25, 0.3) is 0 Å². The lowest BCUT2D eigenvalue weighted by Crippen LogP contribution is -2.40. The molecule has 0 aromatic heterocycles. The van der Waals surface area contributed by atoms with Gasteiger partial charge in [-0.15, -0.1) is 0 Å². The maximum Gasteiger partial charge on any atom is 0.0175 e. The normalized spacial score (nSPS) is 24.2. The van der Waals surface area contributed by atoms with Gasteiger partial charge in [0.25, 0.3) is 0 Å². The molecule has 0 saturated heterocycles.